The van der Waals surface area contributed by atoms with Crippen molar-refractivity contribution in [3.63, 3.8) is 0 Å². The number of nitrogens with two attached hydrogens (primary N) is 1. The number of hydrogen-bond donors (Lipinski definition) is 3. The maximum absolute atomic E-state index is 12.2. The number of aliphatic hydroxyl groups is 1. The Hall–Kier alpha value is -1.66. The van der Waals surface area contributed by atoms with E-state index in [9.17, 15) is 9.90 Å². The molecule has 2 heterocycles. The van der Waals surface area contributed by atoms with E-state index in [4.69, 9.17) is 5.84 Å². The molecule has 1 aromatic rings. The molecule has 0 aromatic carbocycles. The minimum atomic E-state index is -0.382. The number of anilines is 1. The predicted molar refractivity (Wildman–Crippen MR) is 67.7 cm³/mol. The number of pyridine rings is 1. The first-order valence-electron chi connectivity index (χ1n) is 6.03. The summed E-state index contributed by atoms with van der Waals surface area (Å²) in [7, 11) is 0. The van der Waals surface area contributed by atoms with Crippen molar-refractivity contribution < 1.29 is 9.90 Å². The Morgan fingerprint density at radius 1 is 1.67 bits per heavy atom. The molecule has 2 atom stereocenters. The van der Waals surface area contributed by atoms with Gasteiger partial charge in [0.1, 0.15) is 11.5 Å². The first kappa shape index (κ1) is 12.8. The molecule has 1 amide bonds. The Labute approximate surface area is 106 Å². The molecule has 6 heteroatoms. The van der Waals surface area contributed by atoms with E-state index in [2.05, 4.69) is 10.4 Å². The highest BCUT2D eigenvalue weighted by Crippen LogP contribution is 2.21. The zero-order valence-corrected chi connectivity index (χ0v) is 10.3. The monoisotopic (exact) mass is 250 g/mol. The van der Waals surface area contributed by atoms with Crippen molar-refractivity contribution in [2.24, 2.45) is 11.8 Å². The van der Waals surface area contributed by atoms with E-state index in [1.165, 1.54) is 0 Å². The summed E-state index contributed by atoms with van der Waals surface area (Å²) in [6.45, 7) is 3.00. The summed E-state index contributed by atoms with van der Waals surface area (Å²) in [6, 6.07) is 5.09. The minimum absolute atomic E-state index is 0.116. The van der Waals surface area contributed by atoms with Crippen LogP contribution >= 0.6 is 0 Å². The van der Waals surface area contributed by atoms with E-state index in [1.807, 2.05) is 0 Å². The highest BCUT2D eigenvalue weighted by molar-refractivity contribution is 5.92. The lowest BCUT2D eigenvalue weighted by molar-refractivity contribution is 0.0757. The molecule has 2 rings (SSSR count). The first-order valence-corrected chi connectivity index (χ1v) is 6.03. The Kier molecular flexibility index (Phi) is 3.78. The quantitative estimate of drug-likeness (QED) is 0.527. The van der Waals surface area contributed by atoms with Crippen LogP contribution in [0.25, 0.3) is 0 Å². The van der Waals surface area contributed by atoms with Gasteiger partial charge in [0.25, 0.3) is 5.91 Å². The highest BCUT2D eigenvalue weighted by atomic mass is 16.3. The van der Waals surface area contributed by atoms with Crippen molar-refractivity contribution in [1.82, 2.24) is 9.88 Å². The van der Waals surface area contributed by atoms with E-state index in [0.29, 0.717) is 24.6 Å². The number of nitrogen functional groups attached to an aromatic ring is 1. The zero-order chi connectivity index (χ0) is 13.1. The van der Waals surface area contributed by atoms with Crippen LogP contribution in [-0.4, -0.2) is 40.1 Å². The molecule has 0 radical (unpaired) electrons. The fourth-order valence-corrected chi connectivity index (χ4v) is 2.16. The van der Waals surface area contributed by atoms with Gasteiger partial charge in [0.15, 0.2) is 0 Å². The number of hydrogen-bond acceptors (Lipinski definition) is 5. The first-order chi connectivity index (χ1) is 8.61. The Balaban J connectivity index is 2.08. The summed E-state index contributed by atoms with van der Waals surface area (Å²) in [5.74, 6) is 5.77. The smallest absolute Gasteiger partial charge is 0.272 e. The molecule has 2 unspecified atom stereocenters. The van der Waals surface area contributed by atoms with Gasteiger partial charge < -0.3 is 15.4 Å². The third-order valence-corrected chi connectivity index (χ3v) is 3.31. The number of hydrazine groups is 1. The summed E-state index contributed by atoms with van der Waals surface area (Å²) in [4.78, 5) is 18.0. The predicted octanol–water partition coefficient (Wildman–Crippen LogP) is 0.210. The number of aliphatic hydroxyl groups excluding tert-OH is 1. The number of nitrogens with zero attached hydrogens (tertiary/aromatic N) is 2. The molecule has 1 aliphatic rings. The number of rotatable bonds is 3. The summed E-state index contributed by atoms with van der Waals surface area (Å²) in [5, 5.41) is 9.52. The molecule has 4 N–H and O–H groups in total. The maximum atomic E-state index is 12.2. The topological polar surface area (TPSA) is 91.5 Å². The van der Waals surface area contributed by atoms with Gasteiger partial charge in [-0.2, -0.15) is 0 Å². The van der Waals surface area contributed by atoms with Gasteiger partial charge in [-0.3, -0.25) is 4.79 Å². The van der Waals surface area contributed by atoms with Gasteiger partial charge in [-0.15, -0.1) is 0 Å². The Bertz CT molecular complexity index is 436. The molecule has 1 aromatic heterocycles. The van der Waals surface area contributed by atoms with Gasteiger partial charge >= 0.3 is 0 Å². The van der Waals surface area contributed by atoms with E-state index >= 15 is 0 Å². The molecule has 0 spiro atoms. The van der Waals surface area contributed by atoms with Gasteiger partial charge in [-0.05, 0) is 25.5 Å². The SMILES string of the molecule is CC(O)C1CCN(C(=O)c2cccc(NN)n2)C1. The Morgan fingerprint density at radius 3 is 3.06 bits per heavy atom. The van der Waals surface area contributed by atoms with Crippen molar-refractivity contribution in [2.75, 3.05) is 18.5 Å². The molecular weight excluding hydrogens is 232 g/mol. The van der Waals surface area contributed by atoms with Crippen molar-refractivity contribution in [1.29, 1.82) is 0 Å². The highest BCUT2D eigenvalue weighted by Gasteiger charge is 2.30. The van der Waals surface area contributed by atoms with Crippen LogP contribution in [0.2, 0.25) is 0 Å². The van der Waals surface area contributed by atoms with Gasteiger partial charge in [-0.1, -0.05) is 6.07 Å². The number of carbonyl (C=O) groups excluding carboxylic acids is 1. The molecule has 1 saturated heterocycles. The van der Waals surface area contributed by atoms with Crippen LogP contribution in [-0.2, 0) is 0 Å². The normalized spacial score (nSPS) is 20.8. The van der Waals surface area contributed by atoms with Crippen molar-refractivity contribution in [3.8, 4) is 0 Å². The lowest BCUT2D eigenvalue weighted by Gasteiger charge is -2.17. The van der Waals surface area contributed by atoms with Crippen molar-refractivity contribution >= 4 is 11.7 Å². The van der Waals surface area contributed by atoms with Crippen molar-refractivity contribution in [3.05, 3.63) is 23.9 Å². The van der Waals surface area contributed by atoms with Crippen LogP contribution in [0.15, 0.2) is 18.2 Å². The molecule has 6 nitrogen and oxygen atoms in total. The molecule has 0 bridgehead atoms. The standard InChI is InChI=1S/C12H18N4O2/c1-8(17)9-5-6-16(7-9)12(18)10-3-2-4-11(14-10)15-13/h2-4,8-9,17H,5-7,13H2,1H3,(H,14,15). The van der Waals surface area contributed by atoms with Gasteiger partial charge in [-0.25, -0.2) is 10.8 Å². The van der Waals surface area contributed by atoms with Crippen LogP contribution in [0.5, 0.6) is 0 Å². The second kappa shape index (κ2) is 5.32. The second-order valence-corrected chi connectivity index (χ2v) is 4.59. The summed E-state index contributed by atoms with van der Waals surface area (Å²) in [6.07, 6.45) is 0.450. The third kappa shape index (κ3) is 2.60. The van der Waals surface area contributed by atoms with Crippen LogP contribution in [0.1, 0.15) is 23.8 Å². The number of amides is 1. The van der Waals surface area contributed by atoms with Gasteiger partial charge in [0.2, 0.25) is 0 Å². The van der Waals surface area contributed by atoms with Crippen molar-refractivity contribution in [2.45, 2.75) is 19.4 Å². The van der Waals surface area contributed by atoms with Gasteiger partial charge in [0, 0.05) is 19.0 Å². The molecule has 0 saturated carbocycles. The lowest BCUT2D eigenvalue weighted by atomic mass is 10.0. The second-order valence-electron chi connectivity index (χ2n) is 4.59. The van der Waals surface area contributed by atoms with Crippen LogP contribution in [0.4, 0.5) is 5.82 Å². The molecule has 1 fully saturated rings. The number of likely N-dealkylation sites (tertiary alicyclic amines) is 1. The van der Waals surface area contributed by atoms with E-state index < -0.39 is 0 Å². The summed E-state index contributed by atoms with van der Waals surface area (Å²) < 4.78 is 0. The number of carbonyl (C=O) groups is 1. The van der Waals surface area contributed by atoms with Crippen LogP contribution < -0.4 is 11.3 Å². The Morgan fingerprint density at radius 2 is 2.44 bits per heavy atom. The fourth-order valence-electron chi connectivity index (χ4n) is 2.16. The molecule has 98 valence electrons. The minimum Gasteiger partial charge on any atom is -0.393 e. The fraction of sp³-hybridized carbons (Fsp3) is 0.500. The summed E-state index contributed by atoms with van der Waals surface area (Å²) in [5.41, 5.74) is 2.79. The molecule has 0 aliphatic carbocycles. The average Bonchev–Trinajstić information content (AvgIpc) is 2.87. The van der Waals surface area contributed by atoms with E-state index in [1.54, 1.807) is 30.0 Å². The molecule has 18 heavy (non-hydrogen) atoms. The maximum Gasteiger partial charge on any atom is 0.272 e. The van der Waals surface area contributed by atoms with Crippen LogP contribution in [0.3, 0.4) is 0 Å². The summed E-state index contributed by atoms with van der Waals surface area (Å²) >= 11 is 0. The molecular formula is C12H18N4O2. The molecule has 1 aliphatic heterocycles. The largest absolute Gasteiger partial charge is 0.393 e. The van der Waals surface area contributed by atoms with Gasteiger partial charge in [0.05, 0.1) is 6.10 Å². The van der Waals surface area contributed by atoms with Crippen LogP contribution in [0, 0.1) is 5.92 Å². The lowest BCUT2D eigenvalue weighted by Crippen LogP contribution is -2.31. The van der Waals surface area contributed by atoms with E-state index in [0.717, 1.165) is 6.42 Å². The third-order valence-electron chi connectivity index (χ3n) is 3.31. The average molecular weight is 250 g/mol. The van der Waals surface area contributed by atoms with E-state index in [-0.39, 0.29) is 17.9 Å². The number of nitrogens with one attached hydrogen (secondary N) is 1. The number of aromatic nitrogens is 1. The zero-order valence-electron chi connectivity index (χ0n) is 10.3.